The maximum absolute atomic E-state index is 12.7. The van der Waals surface area contributed by atoms with E-state index in [4.69, 9.17) is 0 Å². The molecular formula is C17H18BrN5O2S. The molecule has 1 heterocycles. The highest BCUT2D eigenvalue weighted by Crippen LogP contribution is 2.24. The van der Waals surface area contributed by atoms with E-state index in [1.165, 1.54) is 0 Å². The summed E-state index contributed by atoms with van der Waals surface area (Å²) in [6.45, 7) is 1.76. The normalized spacial score (nSPS) is 11.4. The van der Waals surface area contributed by atoms with Gasteiger partial charge in [0.05, 0.1) is 16.3 Å². The minimum atomic E-state index is -3.71. The number of aryl methyl sites for hydroxylation is 1. The van der Waals surface area contributed by atoms with Crippen LogP contribution in [0.25, 0.3) is 5.69 Å². The fourth-order valence-corrected chi connectivity index (χ4v) is 4.20. The van der Waals surface area contributed by atoms with Crippen molar-refractivity contribution < 1.29 is 8.42 Å². The van der Waals surface area contributed by atoms with Crippen LogP contribution in [0.5, 0.6) is 0 Å². The molecule has 0 radical (unpaired) electrons. The first-order chi connectivity index (χ1) is 12.3. The van der Waals surface area contributed by atoms with Gasteiger partial charge in [-0.25, -0.2) is 13.1 Å². The van der Waals surface area contributed by atoms with E-state index in [9.17, 15) is 8.42 Å². The number of aromatic nitrogens is 3. The van der Waals surface area contributed by atoms with Crippen LogP contribution >= 0.6 is 15.9 Å². The number of hydrogen-bond donors (Lipinski definition) is 1. The molecule has 0 aliphatic heterocycles. The Morgan fingerprint density at radius 1 is 1.15 bits per heavy atom. The Bertz CT molecular complexity index is 1050. The zero-order valence-corrected chi connectivity index (χ0v) is 16.9. The molecule has 26 heavy (non-hydrogen) atoms. The SMILES string of the molecule is Cc1ccc(Br)cc1S(=O)(=O)Nc1cccc(-n2cnc(N(C)C)n2)c1. The summed E-state index contributed by atoms with van der Waals surface area (Å²) in [5, 5.41) is 4.35. The van der Waals surface area contributed by atoms with E-state index in [2.05, 4.69) is 30.7 Å². The number of sulfonamides is 1. The van der Waals surface area contributed by atoms with Crippen molar-refractivity contribution in [2.75, 3.05) is 23.7 Å². The van der Waals surface area contributed by atoms with Gasteiger partial charge in [-0.3, -0.25) is 4.72 Å². The summed E-state index contributed by atoms with van der Waals surface area (Å²) in [5.74, 6) is 0.570. The highest BCUT2D eigenvalue weighted by Gasteiger charge is 2.17. The van der Waals surface area contributed by atoms with Gasteiger partial charge in [-0.15, -0.1) is 5.10 Å². The van der Waals surface area contributed by atoms with Crippen LogP contribution in [0, 0.1) is 6.92 Å². The fraction of sp³-hybridized carbons (Fsp3) is 0.176. The molecular weight excluding hydrogens is 418 g/mol. The maximum Gasteiger partial charge on any atom is 0.262 e. The van der Waals surface area contributed by atoms with Crippen LogP contribution in [-0.4, -0.2) is 37.3 Å². The molecule has 0 saturated heterocycles. The molecule has 1 N–H and O–H groups in total. The summed E-state index contributed by atoms with van der Waals surface area (Å²) in [6, 6.07) is 12.1. The molecule has 136 valence electrons. The standard InChI is InChI=1S/C17H18BrN5O2S/c1-12-7-8-13(18)9-16(12)26(24,25)21-14-5-4-6-15(10-14)23-11-19-17(20-23)22(2)3/h4-11,21H,1-3H3. The molecule has 3 aromatic rings. The lowest BCUT2D eigenvalue weighted by molar-refractivity contribution is 0.600. The largest absolute Gasteiger partial charge is 0.346 e. The smallest absolute Gasteiger partial charge is 0.262 e. The van der Waals surface area contributed by atoms with Gasteiger partial charge < -0.3 is 4.90 Å². The van der Waals surface area contributed by atoms with Crippen molar-refractivity contribution in [1.82, 2.24) is 14.8 Å². The lowest BCUT2D eigenvalue weighted by atomic mass is 10.2. The molecule has 2 aromatic carbocycles. The second kappa shape index (κ2) is 7.08. The highest BCUT2D eigenvalue weighted by atomic mass is 79.9. The zero-order chi connectivity index (χ0) is 18.9. The minimum Gasteiger partial charge on any atom is -0.346 e. The van der Waals surface area contributed by atoms with Crippen molar-refractivity contribution in [2.24, 2.45) is 0 Å². The average molecular weight is 436 g/mol. The van der Waals surface area contributed by atoms with Gasteiger partial charge in [-0.05, 0) is 42.8 Å². The van der Waals surface area contributed by atoms with E-state index >= 15 is 0 Å². The molecule has 9 heteroatoms. The van der Waals surface area contributed by atoms with Crippen molar-refractivity contribution in [2.45, 2.75) is 11.8 Å². The second-order valence-electron chi connectivity index (χ2n) is 5.95. The maximum atomic E-state index is 12.7. The molecule has 0 aliphatic rings. The number of benzene rings is 2. The number of anilines is 2. The fourth-order valence-electron chi connectivity index (χ4n) is 2.37. The molecule has 0 unspecified atom stereocenters. The van der Waals surface area contributed by atoms with E-state index in [0.29, 0.717) is 27.4 Å². The van der Waals surface area contributed by atoms with Crippen LogP contribution in [-0.2, 0) is 10.0 Å². The van der Waals surface area contributed by atoms with E-state index in [1.54, 1.807) is 53.2 Å². The van der Waals surface area contributed by atoms with E-state index in [-0.39, 0.29) is 4.90 Å². The van der Waals surface area contributed by atoms with Crippen molar-refractivity contribution in [1.29, 1.82) is 0 Å². The predicted molar refractivity (Wildman–Crippen MR) is 105 cm³/mol. The Kier molecular flexibility index (Phi) is 5.01. The summed E-state index contributed by atoms with van der Waals surface area (Å²) in [6.07, 6.45) is 1.58. The van der Waals surface area contributed by atoms with Gasteiger partial charge in [0.15, 0.2) is 0 Å². The van der Waals surface area contributed by atoms with Crippen LogP contribution < -0.4 is 9.62 Å². The van der Waals surface area contributed by atoms with Crippen LogP contribution in [0.3, 0.4) is 0 Å². The lowest BCUT2D eigenvalue weighted by Gasteiger charge is -2.12. The lowest BCUT2D eigenvalue weighted by Crippen LogP contribution is -2.14. The molecule has 0 spiro atoms. The number of hydrogen-bond acceptors (Lipinski definition) is 5. The molecule has 0 bridgehead atoms. The first kappa shape index (κ1) is 18.4. The monoisotopic (exact) mass is 435 g/mol. The summed E-state index contributed by atoms with van der Waals surface area (Å²) < 4.78 is 30.4. The van der Waals surface area contributed by atoms with Gasteiger partial charge in [-0.1, -0.05) is 28.1 Å². The summed E-state index contributed by atoms with van der Waals surface area (Å²) in [7, 11) is -0.00373. The molecule has 1 aromatic heterocycles. The van der Waals surface area contributed by atoms with Gasteiger partial charge >= 0.3 is 0 Å². The number of halogens is 1. The highest BCUT2D eigenvalue weighted by molar-refractivity contribution is 9.10. The van der Waals surface area contributed by atoms with Gasteiger partial charge in [0.25, 0.3) is 10.0 Å². The minimum absolute atomic E-state index is 0.230. The van der Waals surface area contributed by atoms with E-state index in [0.717, 1.165) is 0 Å². The third-order valence-corrected chi connectivity index (χ3v) is 5.70. The van der Waals surface area contributed by atoms with Crippen molar-refractivity contribution >= 4 is 37.6 Å². The van der Waals surface area contributed by atoms with Crippen molar-refractivity contribution in [3.63, 3.8) is 0 Å². The third-order valence-electron chi connectivity index (χ3n) is 3.68. The van der Waals surface area contributed by atoms with Crippen LogP contribution in [0.1, 0.15) is 5.56 Å². The van der Waals surface area contributed by atoms with Crippen LogP contribution in [0.4, 0.5) is 11.6 Å². The number of nitrogens with one attached hydrogen (secondary N) is 1. The molecule has 0 fully saturated rings. The molecule has 3 rings (SSSR count). The van der Waals surface area contributed by atoms with Crippen molar-refractivity contribution in [3.05, 3.63) is 58.8 Å². The summed E-state index contributed by atoms with van der Waals surface area (Å²) in [5.41, 5.74) is 1.82. The van der Waals surface area contributed by atoms with Crippen molar-refractivity contribution in [3.8, 4) is 5.69 Å². The first-order valence-electron chi connectivity index (χ1n) is 7.75. The average Bonchev–Trinajstić information content (AvgIpc) is 3.07. The number of nitrogens with zero attached hydrogens (tertiary/aromatic N) is 4. The molecule has 0 amide bonds. The Balaban J connectivity index is 1.92. The summed E-state index contributed by atoms with van der Waals surface area (Å²) in [4.78, 5) is 6.22. The Hall–Kier alpha value is -2.39. The Morgan fingerprint density at radius 2 is 1.92 bits per heavy atom. The van der Waals surface area contributed by atoms with Crippen LogP contribution in [0.2, 0.25) is 0 Å². The molecule has 0 aliphatic carbocycles. The Morgan fingerprint density at radius 3 is 2.62 bits per heavy atom. The third kappa shape index (κ3) is 3.88. The first-order valence-corrected chi connectivity index (χ1v) is 10.0. The van der Waals surface area contributed by atoms with Gasteiger partial charge in [-0.2, -0.15) is 4.98 Å². The molecule has 7 nitrogen and oxygen atoms in total. The Labute approximate surface area is 160 Å². The second-order valence-corrected chi connectivity index (χ2v) is 8.52. The topological polar surface area (TPSA) is 80.1 Å². The number of rotatable bonds is 5. The quantitative estimate of drug-likeness (QED) is 0.665. The molecule has 0 saturated carbocycles. The van der Waals surface area contributed by atoms with Crippen LogP contribution in [0.15, 0.2) is 58.2 Å². The van der Waals surface area contributed by atoms with E-state index < -0.39 is 10.0 Å². The molecule has 0 atom stereocenters. The zero-order valence-electron chi connectivity index (χ0n) is 14.5. The van der Waals surface area contributed by atoms with Gasteiger partial charge in [0.1, 0.15) is 6.33 Å². The van der Waals surface area contributed by atoms with Gasteiger partial charge in [0, 0.05) is 18.6 Å². The van der Waals surface area contributed by atoms with Gasteiger partial charge in [0.2, 0.25) is 5.95 Å². The predicted octanol–water partition coefficient (Wildman–Crippen LogP) is 3.21. The van der Waals surface area contributed by atoms with E-state index in [1.807, 2.05) is 26.2 Å². The summed E-state index contributed by atoms with van der Waals surface area (Å²) >= 11 is 3.32.